The molecule has 1 rings (SSSR count). The third-order valence-electron chi connectivity index (χ3n) is 2.93. The highest BCUT2D eigenvalue weighted by atomic mass is 16.2. The summed E-state index contributed by atoms with van der Waals surface area (Å²) in [6.07, 6.45) is 5.07. The Morgan fingerprint density at radius 2 is 1.62 bits per heavy atom. The molecule has 0 aliphatic heterocycles. The normalized spacial score (nSPS) is 13.9. The molecule has 0 radical (unpaired) electrons. The van der Waals surface area contributed by atoms with Crippen molar-refractivity contribution in [3.63, 3.8) is 0 Å². The Morgan fingerprint density at radius 3 is 2.14 bits per heavy atom. The van der Waals surface area contributed by atoms with Crippen LogP contribution >= 0.6 is 0 Å². The number of hydrazine groups is 2. The number of amides is 2. The first-order valence-electron chi connectivity index (χ1n) is 6.62. The number of rotatable bonds is 8. The monoisotopic (exact) mass is 294 g/mol. The maximum Gasteiger partial charge on any atom is 0.235 e. The molecule has 116 valence electrons. The van der Waals surface area contributed by atoms with Crippen molar-refractivity contribution in [1.82, 2.24) is 21.5 Å². The fourth-order valence-corrected chi connectivity index (χ4v) is 1.78. The lowest BCUT2D eigenvalue weighted by atomic mass is 10.0. The molecule has 0 heterocycles. The summed E-state index contributed by atoms with van der Waals surface area (Å²) in [5.74, 6) is 9.56. The quantitative estimate of drug-likeness (QED) is 0.186. The number of carbonyl (C=O) groups excluding carboxylic acids is 2. The fourth-order valence-electron chi connectivity index (χ4n) is 1.78. The predicted octanol–water partition coefficient (Wildman–Crippen LogP) is -1.35. The second kappa shape index (κ2) is 8.77. The standard InChI is InChI=1S/C13H22N6O2/c1-9-8-10(16-6-4-12(20)18-14)2-3-11(9)17-7-5-13(21)19-15/h2-3,16-17H,1,4-8,14-15H2,(H,18,20)(H,19,21). The number of carbonyl (C=O) groups is 2. The van der Waals surface area contributed by atoms with Crippen molar-refractivity contribution < 1.29 is 9.59 Å². The average molecular weight is 294 g/mol. The predicted molar refractivity (Wildman–Crippen MR) is 79.8 cm³/mol. The van der Waals surface area contributed by atoms with E-state index in [1.165, 1.54) is 0 Å². The fraction of sp³-hybridized carbons (Fsp3) is 0.385. The van der Waals surface area contributed by atoms with Gasteiger partial charge in [0.25, 0.3) is 0 Å². The van der Waals surface area contributed by atoms with Gasteiger partial charge in [0.05, 0.1) is 0 Å². The van der Waals surface area contributed by atoms with Crippen LogP contribution in [-0.4, -0.2) is 24.9 Å². The second-order valence-corrected chi connectivity index (χ2v) is 4.54. The Bertz CT molecular complexity index is 469. The molecule has 0 saturated carbocycles. The van der Waals surface area contributed by atoms with Gasteiger partial charge in [0.1, 0.15) is 0 Å². The van der Waals surface area contributed by atoms with E-state index in [2.05, 4.69) is 28.1 Å². The van der Waals surface area contributed by atoms with Gasteiger partial charge in [0, 0.05) is 43.7 Å². The van der Waals surface area contributed by atoms with Crippen LogP contribution in [-0.2, 0) is 9.59 Å². The SMILES string of the molecule is C=C1CC(NCCC(=O)NN)=CC=C1NCCC(=O)NN. The largest absolute Gasteiger partial charge is 0.388 e. The summed E-state index contributed by atoms with van der Waals surface area (Å²) in [5, 5.41) is 6.28. The molecule has 0 aromatic rings. The highest BCUT2D eigenvalue weighted by Crippen LogP contribution is 2.19. The summed E-state index contributed by atoms with van der Waals surface area (Å²) in [7, 11) is 0. The summed E-state index contributed by atoms with van der Waals surface area (Å²) in [5.41, 5.74) is 6.94. The Hall–Kier alpha value is -2.32. The van der Waals surface area contributed by atoms with Crippen LogP contribution in [0.3, 0.4) is 0 Å². The summed E-state index contributed by atoms with van der Waals surface area (Å²) >= 11 is 0. The number of nitrogens with two attached hydrogens (primary N) is 2. The lowest BCUT2D eigenvalue weighted by molar-refractivity contribution is -0.121. The molecular weight excluding hydrogens is 272 g/mol. The van der Waals surface area contributed by atoms with Crippen molar-refractivity contribution >= 4 is 11.8 Å². The number of allylic oxidation sites excluding steroid dienone is 4. The molecule has 0 atom stereocenters. The number of hydrogen-bond donors (Lipinski definition) is 6. The Balaban J connectivity index is 2.38. The molecule has 0 saturated heterocycles. The third-order valence-corrected chi connectivity index (χ3v) is 2.93. The molecule has 1 aliphatic rings. The van der Waals surface area contributed by atoms with Crippen molar-refractivity contribution in [3.05, 3.63) is 35.7 Å². The van der Waals surface area contributed by atoms with Crippen LogP contribution in [0.5, 0.6) is 0 Å². The molecule has 0 aromatic carbocycles. The number of hydrogen-bond acceptors (Lipinski definition) is 6. The van der Waals surface area contributed by atoms with Gasteiger partial charge in [0.2, 0.25) is 11.8 Å². The van der Waals surface area contributed by atoms with Crippen molar-refractivity contribution in [2.24, 2.45) is 11.7 Å². The maximum atomic E-state index is 11.0. The molecular formula is C13H22N6O2. The van der Waals surface area contributed by atoms with Crippen LogP contribution in [0.2, 0.25) is 0 Å². The third kappa shape index (κ3) is 6.11. The molecule has 2 amide bonds. The molecule has 21 heavy (non-hydrogen) atoms. The van der Waals surface area contributed by atoms with Crippen LogP contribution in [0.15, 0.2) is 35.7 Å². The molecule has 8 N–H and O–H groups in total. The van der Waals surface area contributed by atoms with Crippen molar-refractivity contribution in [2.45, 2.75) is 19.3 Å². The van der Waals surface area contributed by atoms with Gasteiger partial charge in [-0.1, -0.05) is 6.58 Å². The molecule has 8 nitrogen and oxygen atoms in total. The number of nitrogens with one attached hydrogen (secondary N) is 4. The van der Waals surface area contributed by atoms with Crippen LogP contribution in [0.1, 0.15) is 19.3 Å². The zero-order valence-electron chi connectivity index (χ0n) is 11.9. The first-order chi connectivity index (χ1) is 10.1. The minimum atomic E-state index is -0.222. The van der Waals surface area contributed by atoms with Crippen LogP contribution in [0, 0.1) is 0 Å². The lowest BCUT2D eigenvalue weighted by Gasteiger charge is -2.20. The van der Waals surface area contributed by atoms with Gasteiger partial charge in [-0.25, -0.2) is 11.7 Å². The lowest BCUT2D eigenvalue weighted by Crippen LogP contribution is -2.33. The molecule has 0 fully saturated rings. The zero-order valence-corrected chi connectivity index (χ0v) is 11.9. The van der Waals surface area contributed by atoms with Gasteiger partial charge in [-0.2, -0.15) is 0 Å². The average Bonchev–Trinajstić information content (AvgIpc) is 2.48. The first kappa shape index (κ1) is 16.7. The van der Waals surface area contributed by atoms with Gasteiger partial charge in [-0.3, -0.25) is 20.4 Å². The van der Waals surface area contributed by atoms with Gasteiger partial charge >= 0.3 is 0 Å². The molecule has 8 heteroatoms. The van der Waals surface area contributed by atoms with E-state index in [9.17, 15) is 9.59 Å². The Kier molecular flexibility index (Phi) is 6.99. The molecule has 0 unspecified atom stereocenters. The van der Waals surface area contributed by atoms with Crippen LogP contribution in [0.25, 0.3) is 0 Å². The molecule has 0 aromatic heterocycles. The van der Waals surface area contributed by atoms with Crippen LogP contribution < -0.4 is 33.2 Å². The highest BCUT2D eigenvalue weighted by Gasteiger charge is 2.10. The van der Waals surface area contributed by atoms with Gasteiger partial charge in [-0.15, -0.1) is 0 Å². The van der Waals surface area contributed by atoms with E-state index in [0.29, 0.717) is 32.4 Å². The molecule has 1 aliphatic carbocycles. The van der Waals surface area contributed by atoms with Crippen LogP contribution in [0.4, 0.5) is 0 Å². The van der Waals surface area contributed by atoms with Gasteiger partial charge in [-0.05, 0) is 17.7 Å². The summed E-state index contributed by atoms with van der Waals surface area (Å²) in [4.78, 5) is 22.0. The van der Waals surface area contributed by atoms with E-state index in [1.807, 2.05) is 12.2 Å². The van der Waals surface area contributed by atoms with Crippen molar-refractivity contribution in [2.75, 3.05) is 13.1 Å². The first-order valence-corrected chi connectivity index (χ1v) is 6.62. The van der Waals surface area contributed by atoms with Crippen molar-refractivity contribution in [1.29, 1.82) is 0 Å². The van der Waals surface area contributed by atoms with E-state index in [4.69, 9.17) is 11.7 Å². The van der Waals surface area contributed by atoms with E-state index in [1.54, 1.807) is 0 Å². The maximum absolute atomic E-state index is 11.0. The van der Waals surface area contributed by atoms with E-state index >= 15 is 0 Å². The second-order valence-electron chi connectivity index (χ2n) is 4.54. The molecule has 0 spiro atoms. The van der Waals surface area contributed by atoms with E-state index in [0.717, 1.165) is 17.0 Å². The minimum Gasteiger partial charge on any atom is -0.388 e. The topological polar surface area (TPSA) is 134 Å². The summed E-state index contributed by atoms with van der Waals surface area (Å²) in [6, 6.07) is 0. The minimum absolute atomic E-state index is 0.214. The summed E-state index contributed by atoms with van der Waals surface area (Å²) < 4.78 is 0. The smallest absolute Gasteiger partial charge is 0.235 e. The van der Waals surface area contributed by atoms with E-state index < -0.39 is 0 Å². The summed E-state index contributed by atoms with van der Waals surface area (Å²) in [6.45, 7) is 4.98. The van der Waals surface area contributed by atoms with Gasteiger partial charge < -0.3 is 10.6 Å². The zero-order chi connectivity index (χ0) is 15.7. The highest BCUT2D eigenvalue weighted by molar-refractivity contribution is 5.75. The van der Waals surface area contributed by atoms with E-state index in [-0.39, 0.29) is 11.8 Å². The molecule has 0 bridgehead atoms. The Labute approximate surface area is 123 Å². The van der Waals surface area contributed by atoms with Crippen molar-refractivity contribution in [3.8, 4) is 0 Å². The van der Waals surface area contributed by atoms with Gasteiger partial charge in [0.15, 0.2) is 0 Å². The Morgan fingerprint density at radius 1 is 1.05 bits per heavy atom.